The molecule has 0 aliphatic carbocycles. The van der Waals surface area contributed by atoms with Crippen molar-refractivity contribution in [1.29, 1.82) is 0 Å². The summed E-state index contributed by atoms with van der Waals surface area (Å²) in [6.07, 6.45) is 8.55. The third kappa shape index (κ3) is 14.2. The molecule has 3 nitrogen and oxygen atoms in total. The van der Waals surface area contributed by atoms with Crippen LogP contribution in [0.1, 0.15) is 107 Å². The average molecular weight is 367 g/mol. The molecule has 1 amide bonds. The lowest BCUT2D eigenvalue weighted by Crippen LogP contribution is -2.38. The van der Waals surface area contributed by atoms with E-state index in [2.05, 4.69) is 58.8 Å². The summed E-state index contributed by atoms with van der Waals surface area (Å²) in [6.45, 7) is 21.9. The van der Waals surface area contributed by atoms with E-state index in [0.29, 0.717) is 6.42 Å². The van der Waals surface area contributed by atoms with Crippen molar-refractivity contribution >= 4 is 5.91 Å². The van der Waals surface area contributed by atoms with Gasteiger partial charge in [-0.2, -0.15) is 0 Å². The fourth-order valence-corrected chi connectivity index (χ4v) is 3.31. The molecule has 0 saturated carbocycles. The molecule has 0 bridgehead atoms. The maximum Gasteiger partial charge on any atom is 0.220 e. The lowest BCUT2D eigenvalue weighted by Gasteiger charge is -2.31. The van der Waals surface area contributed by atoms with Crippen LogP contribution in [0.25, 0.3) is 0 Å². The molecule has 0 atom stereocenters. The Kier molecular flexibility index (Phi) is 11.2. The summed E-state index contributed by atoms with van der Waals surface area (Å²) in [5.41, 5.74) is 1.46. The van der Waals surface area contributed by atoms with E-state index >= 15 is 0 Å². The normalized spacial score (nSPS) is 12.5. The van der Waals surface area contributed by atoms with Gasteiger partial charge in [0.15, 0.2) is 0 Å². The summed E-state index contributed by atoms with van der Waals surface area (Å²) in [5, 5.41) is 6.61. The van der Waals surface area contributed by atoms with Crippen molar-refractivity contribution in [2.75, 3.05) is 0 Å². The summed E-state index contributed by atoms with van der Waals surface area (Å²) >= 11 is 0. The van der Waals surface area contributed by atoms with E-state index < -0.39 is 0 Å². The highest BCUT2D eigenvalue weighted by atomic mass is 16.1. The number of hydrogen-bond acceptors (Lipinski definition) is 2. The van der Waals surface area contributed by atoms with Crippen LogP contribution in [0.2, 0.25) is 0 Å². The second-order valence-corrected chi connectivity index (χ2v) is 10.1. The molecule has 0 aliphatic heterocycles. The van der Waals surface area contributed by atoms with Crippen molar-refractivity contribution in [1.82, 2.24) is 10.6 Å². The quantitative estimate of drug-likeness (QED) is 0.384. The van der Waals surface area contributed by atoms with Gasteiger partial charge in [0.05, 0.1) is 0 Å². The first-order valence-electron chi connectivity index (χ1n) is 10.6. The second kappa shape index (κ2) is 11.7. The van der Waals surface area contributed by atoms with Crippen LogP contribution in [0.4, 0.5) is 0 Å². The summed E-state index contributed by atoms with van der Waals surface area (Å²) in [5.74, 6) is 0.938. The molecule has 0 aromatic carbocycles. The number of hydrogen-bond donors (Lipinski definition) is 2. The van der Waals surface area contributed by atoms with Crippen molar-refractivity contribution in [3.05, 3.63) is 12.3 Å². The number of carbonyl (C=O) groups excluding carboxylic acids is 1. The highest BCUT2D eigenvalue weighted by Gasteiger charge is 2.23. The molecule has 0 spiro atoms. The third-order valence-electron chi connectivity index (χ3n) is 4.91. The van der Waals surface area contributed by atoms with Gasteiger partial charge in [-0.1, -0.05) is 47.1 Å². The first-order chi connectivity index (χ1) is 11.8. The number of carbonyl (C=O) groups is 1. The van der Waals surface area contributed by atoms with Crippen LogP contribution in [0.5, 0.6) is 0 Å². The Balaban J connectivity index is 4.13. The van der Waals surface area contributed by atoms with E-state index in [9.17, 15) is 4.79 Å². The van der Waals surface area contributed by atoms with Crippen LogP contribution in [0.3, 0.4) is 0 Å². The number of allylic oxidation sites excluding steroid dienone is 1. The van der Waals surface area contributed by atoms with Gasteiger partial charge < -0.3 is 10.6 Å². The van der Waals surface area contributed by atoms with Gasteiger partial charge in [-0.3, -0.25) is 4.79 Å². The Morgan fingerprint density at radius 2 is 1.54 bits per heavy atom. The Morgan fingerprint density at radius 3 is 2.08 bits per heavy atom. The maximum atomic E-state index is 11.9. The SMILES string of the molecule is C=C(CCCC(C)C)NC(C)(C)CCCC(C)(C)CCC(=O)NC(C)C. The smallest absolute Gasteiger partial charge is 0.220 e. The molecule has 0 rings (SSSR count). The van der Waals surface area contributed by atoms with Crippen molar-refractivity contribution in [2.24, 2.45) is 11.3 Å². The van der Waals surface area contributed by atoms with Crippen LogP contribution in [0.15, 0.2) is 12.3 Å². The number of rotatable bonds is 14. The third-order valence-corrected chi connectivity index (χ3v) is 4.91. The molecule has 2 N–H and O–H groups in total. The lowest BCUT2D eigenvalue weighted by molar-refractivity contribution is -0.122. The van der Waals surface area contributed by atoms with Gasteiger partial charge in [0.2, 0.25) is 5.91 Å². The molecule has 0 saturated heterocycles. The fraction of sp³-hybridized carbons (Fsp3) is 0.870. The minimum absolute atomic E-state index is 0.0833. The average Bonchev–Trinajstić information content (AvgIpc) is 2.43. The Hall–Kier alpha value is -0.990. The zero-order chi connectivity index (χ0) is 20.4. The number of nitrogens with one attached hydrogen (secondary N) is 2. The van der Waals surface area contributed by atoms with Gasteiger partial charge >= 0.3 is 0 Å². The summed E-state index contributed by atoms with van der Waals surface area (Å²) in [7, 11) is 0. The zero-order valence-electron chi connectivity index (χ0n) is 18.9. The molecular formula is C23H46N2O. The minimum atomic E-state index is 0.0833. The topological polar surface area (TPSA) is 41.1 Å². The molecule has 0 heterocycles. The Morgan fingerprint density at radius 1 is 0.923 bits per heavy atom. The van der Waals surface area contributed by atoms with E-state index in [1.165, 1.54) is 18.5 Å². The second-order valence-electron chi connectivity index (χ2n) is 10.1. The predicted molar refractivity (Wildman–Crippen MR) is 115 cm³/mol. The largest absolute Gasteiger partial charge is 0.384 e. The molecule has 3 heteroatoms. The summed E-state index contributed by atoms with van der Waals surface area (Å²) < 4.78 is 0. The first-order valence-corrected chi connectivity index (χ1v) is 10.6. The van der Waals surface area contributed by atoms with Gasteiger partial charge in [-0.15, -0.1) is 0 Å². The van der Waals surface area contributed by atoms with Crippen LogP contribution in [-0.2, 0) is 4.79 Å². The van der Waals surface area contributed by atoms with Crippen LogP contribution >= 0.6 is 0 Å². The van der Waals surface area contributed by atoms with Crippen LogP contribution in [-0.4, -0.2) is 17.5 Å². The van der Waals surface area contributed by atoms with E-state index in [1.54, 1.807) is 0 Å². The van der Waals surface area contributed by atoms with Gasteiger partial charge in [-0.05, 0) is 71.1 Å². The lowest BCUT2D eigenvalue weighted by atomic mass is 9.81. The van der Waals surface area contributed by atoms with Gasteiger partial charge in [0.1, 0.15) is 0 Å². The van der Waals surface area contributed by atoms with E-state index in [-0.39, 0.29) is 22.9 Å². The van der Waals surface area contributed by atoms with Gasteiger partial charge in [-0.25, -0.2) is 0 Å². The molecule has 0 radical (unpaired) electrons. The molecule has 0 aromatic heterocycles. The standard InChI is InChI=1S/C23H46N2O/c1-18(2)12-10-13-20(5)25-23(8,9)16-11-15-22(6,7)17-14-21(26)24-19(3)4/h18-19,25H,5,10-17H2,1-4,6-9H3,(H,24,26). The molecular weight excluding hydrogens is 320 g/mol. The highest BCUT2D eigenvalue weighted by Crippen LogP contribution is 2.30. The molecule has 0 aliphatic rings. The maximum absolute atomic E-state index is 11.9. The molecule has 26 heavy (non-hydrogen) atoms. The van der Waals surface area contributed by atoms with Crippen LogP contribution in [0, 0.1) is 11.3 Å². The van der Waals surface area contributed by atoms with Crippen molar-refractivity contribution < 1.29 is 4.79 Å². The number of amides is 1. The predicted octanol–water partition coefficient (Wildman–Crippen LogP) is 6.20. The zero-order valence-corrected chi connectivity index (χ0v) is 18.9. The van der Waals surface area contributed by atoms with Gasteiger partial charge in [0, 0.05) is 23.7 Å². The van der Waals surface area contributed by atoms with E-state index in [4.69, 9.17) is 0 Å². The van der Waals surface area contributed by atoms with Crippen molar-refractivity contribution in [3.63, 3.8) is 0 Å². The first kappa shape index (κ1) is 25.0. The molecule has 0 fully saturated rings. The summed E-state index contributed by atoms with van der Waals surface area (Å²) in [4.78, 5) is 11.9. The molecule has 0 aromatic rings. The Labute approximate surface area is 163 Å². The van der Waals surface area contributed by atoms with E-state index in [1.807, 2.05) is 13.8 Å². The van der Waals surface area contributed by atoms with Crippen molar-refractivity contribution in [3.8, 4) is 0 Å². The molecule has 0 unspecified atom stereocenters. The van der Waals surface area contributed by atoms with Crippen LogP contribution < -0.4 is 10.6 Å². The summed E-state index contributed by atoms with van der Waals surface area (Å²) in [6, 6.07) is 0.228. The fourth-order valence-electron chi connectivity index (χ4n) is 3.31. The Bertz CT molecular complexity index is 422. The minimum Gasteiger partial charge on any atom is -0.384 e. The van der Waals surface area contributed by atoms with Crippen molar-refractivity contribution in [2.45, 2.75) is 118 Å². The highest BCUT2D eigenvalue weighted by molar-refractivity contribution is 5.76. The monoisotopic (exact) mass is 366 g/mol. The molecule has 154 valence electrons. The van der Waals surface area contributed by atoms with Gasteiger partial charge in [0.25, 0.3) is 0 Å². The van der Waals surface area contributed by atoms with E-state index in [0.717, 1.165) is 38.0 Å².